The fourth-order valence-corrected chi connectivity index (χ4v) is 2.48. The molecule has 7 nitrogen and oxygen atoms in total. The van der Waals surface area contributed by atoms with Gasteiger partial charge < -0.3 is 16.0 Å². The van der Waals surface area contributed by atoms with Crippen molar-refractivity contribution in [2.75, 3.05) is 10.6 Å². The summed E-state index contributed by atoms with van der Waals surface area (Å²) in [6.45, 7) is 3.91. The number of aryl methyl sites for hydroxylation is 1. The van der Waals surface area contributed by atoms with Gasteiger partial charge in [-0.25, -0.2) is 9.97 Å². The molecule has 0 fully saturated rings. The van der Waals surface area contributed by atoms with E-state index in [4.69, 9.17) is 0 Å². The lowest BCUT2D eigenvalue weighted by Crippen LogP contribution is -2.24. The predicted molar refractivity (Wildman–Crippen MR) is 108 cm³/mol. The van der Waals surface area contributed by atoms with Crippen molar-refractivity contribution in [1.82, 2.24) is 15.3 Å². The van der Waals surface area contributed by atoms with Crippen LogP contribution in [0.25, 0.3) is 0 Å². The molecule has 2 amide bonds. The molecule has 0 bridgehead atoms. The van der Waals surface area contributed by atoms with Gasteiger partial charge in [-0.3, -0.25) is 9.59 Å². The highest BCUT2D eigenvalue weighted by atomic mass is 16.2. The number of rotatable bonds is 6. The lowest BCUT2D eigenvalue weighted by molar-refractivity contribution is -0.114. The molecule has 142 valence electrons. The minimum Gasteiger partial charge on any atom is -0.347 e. The second-order valence-electron chi connectivity index (χ2n) is 6.34. The number of aromatic nitrogens is 2. The molecule has 0 atom stereocenters. The van der Waals surface area contributed by atoms with Gasteiger partial charge >= 0.3 is 0 Å². The highest BCUT2D eigenvalue weighted by molar-refractivity contribution is 5.92. The largest absolute Gasteiger partial charge is 0.347 e. The van der Waals surface area contributed by atoms with E-state index in [0.29, 0.717) is 18.1 Å². The number of hydrogen-bond donors (Lipinski definition) is 3. The van der Waals surface area contributed by atoms with Gasteiger partial charge in [-0.1, -0.05) is 29.8 Å². The van der Waals surface area contributed by atoms with E-state index in [2.05, 4.69) is 25.9 Å². The van der Waals surface area contributed by atoms with Crippen molar-refractivity contribution in [3.8, 4) is 0 Å². The van der Waals surface area contributed by atoms with Crippen LogP contribution in [0.1, 0.15) is 28.5 Å². The third kappa shape index (κ3) is 5.38. The topological polar surface area (TPSA) is 96.0 Å². The van der Waals surface area contributed by atoms with E-state index < -0.39 is 0 Å². The summed E-state index contributed by atoms with van der Waals surface area (Å²) in [5, 5.41) is 8.63. The van der Waals surface area contributed by atoms with Crippen LogP contribution in [0.5, 0.6) is 0 Å². The van der Waals surface area contributed by atoms with Crippen LogP contribution in [0.4, 0.5) is 17.2 Å². The van der Waals surface area contributed by atoms with Gasteiger partial charge in [-0.15, -0.1) is 0 Å². The fourth-order valence-electron chi connectivity index (χ4n) is 2.48. The number of carbonyl (C=O) groups excluding carboxylic acids is 2. The summed E-state index contributed by atoms with van der Waals surface area (Å²) in [5.74, 6) is 0.115. The molecule has 7 heteroatoms. The molecule has 28 heavy (non-hydrogen) atoms. The first kappa shape index (κ1) is 19.0. The lowest BCUT2D eigenvalue weighted by Gasteiger charge is -2.08. The van der Waals surface area contributed by atoms with Crippen LogP contribution in [0.3, 0.4) is 0 Å². The molecule has 0 unspecified atom stereocenters. The summed E-state index contributed by atoms with van der Waals surface area (Å²) in [6, 6.07) is 15.2. The zero-order valence-corrected chi connectivity index (χ0v) is 15.7. The van der Waals surface area contributed by atoms with Gasteiger partial charge in [0.2, 0.25) is 5.91 Å². The number of benzene rings is 2. The first-order valence-corrected chi connectivity index (χ1v) is 8.80. The quantitative estimate of drug-likeness (QED) is 0.613. The molecule has 0 aliphatic heterocycles. The molecule has 3 N–H and O–H groups in total. The normalized spacial score (nSPS) is 10.2. The van der Waals surface area contributed by atoms with E-state index in [1.165, 1.54) is 24.9 Å². The molecule has 0 spiro atoms. The van der Waals surface area contributed by atoms with E-state index in [1.54, 1.807) is 12.1 Å². The molecule has 3 rings (SSSR count). The fraction of sp³-hybridized carbons (Fsp3) is 0.143. The van der Waals surface area contributed by atoms with Gasteiger partial charge in [-0.05, 0) is 36.8 Å². The molecule has 0 aliphatic rings. The number of hydrogen-bond acceptors (Lipinski definition) is 5. The monoisotopic (exact) mass is 375 g/mol. The number of nitrogens with one attached hydrogen (secondary N) is 3. The molecular weight excluding hydrogens is 354 g/mol. The summed E-state index contributed by atoms with van der Waals surface area (Å²) in [6.07, 6.45) is 2.93. The van der Waals surface area contributed by atoms with E-state index in [-0.39, 0.29) is 17.5 Å². The van der Waals surface area contributed by atoms with Crippen LogP contribution in [-0.2, 0) is 11.3 Å². The maximum Gasteiger partial charge on any atom is 0.271 e. The van der Waals surface area contributed by atoms with E-state index in [9.17, 15) is 9.59 Å². The minimum absolute atomic E-state index is 0.122. The number of anilines is 3. The molecule has 1 heterocycles. The van der Waals surface area contributed by atoms with Gasteiger partial charge in [0.25, 0.3) is 5.91 Å². The number of amides is 2. The van der Waals surface area contributed by atoms with Crippen LogP contribution in [0.15, 0.2) is 60.9 Å². The Morgan fingerprint density at radius 2 is 1.57 bits per heavy atom. The molecular formula is C21H21N5O2. The molecule has 0 saturated carbocycles. The molecule has 0 aliphatic carbocycles. The second kappa shape index (κ2) is 8.77. The summed E-state index contributed by atoms with van der Waals surface area (Å²) in [4.78, 5) is 31.6. The Morgan fingerprint density at radius 1 is 0.893 bits per heavy atom. The van der Waals surface area contributed by atoms with Crippen molar-refractivity contribution in [3.05, 3.63) is 77.7 Å². The Hall–Kier alpha value is -3.74. The second-order valence-corrected chi connectivity index (χ2v) is 6.34. The molecule has 0 radical (unpaired) electrons. The van der Waals surface area contributed by atoms with Crippen LogP contribution in [0, 0.1) is 6.92 Å². The third-order valence-electron chi connectivity index (χ3n) is 3.94. The maximum absolute atomic E-state index is 12.2. The standard InChI is InChI=1S/C21H21N5O2/c1-14-3-5-16(6-4-14)11-24-21(28)19-12-23-20(13-22-19)26-18-9-7-17(8-10-18)25-15(2)27/h3-10,12-13H,11H2,1-2H3,(H,23,26)(H,24,28)(H,25,27). The molecule has 1 aromatic heterocycles. The van der Waals surface area contributed by atoms with Crippen LogP contribution >= 0.6 is 0 Å². The van der Waals surface area contributed by atoms with Gasteiger partial charge in [-0.2, -0.15) is 0 Å². The van der Waals surface area contributed by atoms with E-state index in [1.807, 2.05) is 43.3 Å². The molecule has 3 aromatic rings. The van der Waals surface area contributed by atoms with Crippen molar-refractivity contribution < 1.29 is 9.59 Å². The van der Waals surface area contributed by atoms with Crippen LogP contribution in [0.2, 0.25) is 0 Å². The van der Waals surface area contributed by atoms with Gasteiger partial charge in [0, 0.05) is 24.8 Å². The van der Waals surface area contributed by atoms with Crippen molar-refractivity contribution in [3.63, 3.8) is 0 Å². The van der Waals surface area contributed by atoms with Crippen molar-refractivity contribution in [1.29, 1.82) is 0 Å². The maximum atomic E-state index is 12.2. The summed E-state index contributed by atoms with van der Waals surface area (Å²) in [5.41, 5.74) is 3.95. The molecule has 0 saturated heterocycles. The zero-order chi connectivity index (χ0) is 19.9. The van der Waals surface area contributed by atoms with Gasteiger partial charge in [0.15, 0.2) is 0 Å². The Kier molecular flexibility index (Phi) is 5.96. The molecule has 2 aromatic carbocycles. The van der Waals surface area contributed by atoms with E-state index in [0.717, 1.165) is 11.3 Å². The predicted octanol–water partition coefficient (Wildman–Crippen LogP) is 3.42. The highest BCUT2D eigenvalue weighted by Crippen LogP contribution is 2.17. The first-order valence-electron chi connectivity index (χ1n) is 8.80. The van der Waals surface area contributed by atoms with E-state index >= 15 is 0 Å². The summed E-state index contributed by atoms with van der Waals surface area (Å²) in [7, 11) is 0. The van der Waals surface area contributed by atoms with Crippen molar-refractivity contribution >= 4 is 29.0 Å². The zero-order valence-electron chi connectivity index (χ0n) is 15.7. The van der Waals surface area contributed by atoms with Gasteiger partial charge in [0.05, 0.1) is 12.4 Å². The van der Waals surface area contributed by atoms with Crippen LogP contribution < -0.4 is 16.0 Å². The lowest BCUT2D eigenvalue weighted by atomic mass is 10.1. The third-order valence-corrected chi connectivity index (χ3v) is 3.94. The SMILES string of the molecule is CC(=O)Nc1ccc(Nc2cnc(C(=O)NCc3ccc(C)cc3)cn2)cc1. The Bertz CT molecular complexity index is 952. The van der Waals surface area contributed by atoms with Crippen molar-refractivity contribution in [2.45, 2.75) is 20.4 Å². The average molecular weight is 375 g/mol. The van der Waals surface area contributed by atoms with Gasteiger partial charge in [0.1, 0.15) is 11.5 Å². The Labute approximate surface area is 163 Å². The first-order chi connectivity index (χ1) is 13.5. The number of nitrogens with zero attached hydrogens (tertiary/aromatic N) is 2. The highest BCUT2D eigenvalue weighted by Gasteiger charge is 2.08. The summed E-state index contributed by atoms with van der Waals surface area (Å²) >= 11 is 0. The average Bonchev–Trinajstić information content (AvgIpc) is 2.69. The summed E-state index contributed by atoms with van der Waals surface area (Å²) < 4.78 is 0. The Morgan fingerprint density at radius 3 is 2.18 bits per heavy atom. The van der Waals surface area contributed by atoms with Crippen LogP contribution in [-0.4, -0.2) is 21.8 Å². The number of carbonyl (C=O) groups is 2. The minimum atomic E-state index is -0.278. The Balaban J connectivity index is 1.55. The smallest absolute Gasteiger partial charge is 0.271 e. The van der Waals surface area contributed by atoms with Crippen molar-refractivity contribution in [2.24, 2.45) is 0 Å².